The quantitative estimate of drug-likeness (QED) is 0.794. The summed E-state index contributed by atoms with van der Waals surface area (Å²) in [5, 5.41) is 6.19. The van der Waals surface area contributed by atoms with Gasteiger partial charge in [0.15, 0.2) is 0 Å². The fourth-order valence-corrected chi connectivity index (χ4v) is 1.80. The molecule has 0 unspecified atom stereocenters. The van der Waals surface area contributed by atoms with E-state index in [0.717, 1.165) is 30.6 Å². The van der Waals surface area contributed by atoms with Crippen LogP contribution in [0.25, 0.3) is 0 Å². The molecule has 0 spiro atoms. The first kappa shape index (κ1) is 10.0. The lowest BCUT2D eigenvalue weighted by Crippen LogP contribution is -2.38. The molecule has 0 radical (unpaired) electrons. The molecule has 2 N–H and O–H groups in total. The Morgan fingerprint density at radius 3 is 2.73 bits per heavy atom. The molecule has 2 rings (SSSR count). The van der Waals surface area contributed by atoms with Gasteiger partial charge in [-0.25, -0.2) is 0 Å². The summed E-state index contributed by atoms with van der Waals surface area (Å²) in [6.07, 6.45) is 3.09. The van der Waals surface area contributed by atoms with Crippen LogP contribution in [0.2, 0.25) is 0 Å². The molecule has 0 fully saturated rings. The first-order valence-electron chi connectivity index (χ1n) is 5.47. The van der Waals surface area contributed by atoms with Crippen molar-refractivity contribution < 1.29 is 4.79 Å². The Labute approximate surface area is 89.9 Å². The summed E-state index contributed by atoms with van der Waals surface area (Å²) in [5.41, 5.74) is 1.91. The molecule has 0 aliphatic carbocycles. The number of carbonyl (C=O) groups is 1. The molecular weight excluding hydrogens is 188 g/mol. The van der Waals surface area contributed by atoms with Gasteiger partial charge in [0, 0.05) is 0 Å². The average Bonchev–Trinajstić information content (AvgIpc) is 2.26. The van der Waals surface area contributed by atoms with Crippen molar-refractivity contribution in [3.05, 3.63) is 24.3 Å². The summed E-state index contributed by atoms with van der Waals surface area (Å²) < 4.78 is 0. The highest BCUT2D eigenvalue weighted by molar-refractivity contribution is 6.02. The maximum Gasteiger partial charge on any atom is 0.246 e. The number of fused-ring (bicyclic) bond motifs is 1. The lowest BCUT2D eigenvalue weighted by Gasteiger charge is -2.26. The summed E-state index contributed by atoms with van der Waals surface area (Å²) in [4.78, 5) is 11.7. The van der Waals surface area contributed by atoms with Crippen LogP contribution in [0.5, 0.6) is 0 Å². The number of carbonyl (C=O) groups excluding carboxylic acids is 1. The summed E-state index contributed by atoms with van der Waals surface area (Å²) in [5.74, 6) is 0.0853. The third-order valence-electron chi connectivity index (χ3n) is 2.68. The largest absolute Gasteiger partial charge is 0.372 e. The number of benzene rings is 1. The van der Waals surface area contributed by atoms with E-state index in [4.69, 9.17) is 0 Å². The van der Waals surface area contributed by atoms with E-state index in [1.807, 2.05) is 24.3 Å². The highest BCUT2D eigenvalue weighted by Gasteiger charge is 2.23. The van der Waals surface area contributed by atoms with Gasteiger partial charge in [-0.15, -0.1) is 0 Å². The molecular formula is C12H16N2O. The van der Waals surface area contributed by atoms with Crippen molar-refractivity contribution in [3.63, 3.8) is 0 Å². The molecule has 1 aliphatic heterocycles. The number of anilines is 2. The first-order valence-corrected chi connectivity index (χ1v) is 5.47. The normalized spacial score (nSPS) is 19.0. The number of hydrogen-bond acceptors (Lipinski definition) is 2. The predicted molar refractivity (Wildman–Crippen MR) is 62.0 cm³/mol. The van der Waals surface area contributed by atoms with Gasteiger partial charge in [-0.3, -0.25) is 4.79 Å². The van der Waals surface area contributed by atoms with E-state index < -0.39 is 0 Å². The summed E-state index contributed by atoms with van der Waals surface area (Å²) in [6, 6.07) is 7.73. The molecule has 0 bridgehead atoms. The number of hydrogen-bond donors (Lipinski definition) is 2. The van der Waals surface area contributed by atoms with Crippen LogP contribution in [-0.2, 0) is 4.79 Å². The molecule has 0 aromatic heterocycles. The zero-order valence-electron chi connectivity index (χ0n) is 8.92. The van der Waals surface area contributed by atoms with Gasteiger partial charge in [0.1, 0.15) is 6.04 Å². The molecule has 1 aromatic carbocycles. The van der Waals surface area contributed by atoms with E-state index in [1.165, 1.54) is 0 Å². The molecule has 1 amide bonds. The third kappa shape index (κ3) is 2.12. The Balaban J connectivity index is 2.11. The smallest absolute Gasteiger partial charge is 0.246 e. The van der Waals surface area contributed by atoms with Gasteiger partial charge in [-0.1, -0.05) is 31.9 Å². The summed E-state index contributed by atoms with van der Waals surface area (Å²) >= 11 is 0. The van der Waals surface area contributed by atoms with E-state index in [2.05, 4.69) is 17.6 Å². The van der Waals surface area contributed by atoms with E-state index >= 15 is 0 Å². The van der Waals surface area contributed by atoms with Crippen LogP contribution >= 0.6 is 0 Å². The Hall–Kier alpha value is -1.51. The Morgan fingerprint density at radius 2 is 2.00 bits per heavy atom. The minimum Gasteiger partial charge on any atom is -0.372 e. The second-order valence-electron chi connectivity index (χ2n) is 3.87. The molecule has 0 saturated heterocycles. The summed E-state index contributed by atoms with van der Waals surface area (Å²) in [6.45, 7) is 2.13. The Kier molecular flexibility index (Phi) is 2.90. The summed E-state index contributed by atoms with van der Waals surface area (Å²) in [7, 11) is 0. The Morgan fingerprint density at radius 1 is 1.27 bits per heavy atom. The number of amides is 1. The van der Waals surface area contributed by atoms with Gasteiger partial charge in [-0.05, 0) is 18.6 Å². The van der Waals surface area contributed by atoms with Crippen LogP contribution in [0.3, 0.4) is 0 Å². The van der Waals surface area contributed by atoms with Gasteiger partial charge >= 0.3 is 0 Å². The van der Waals surface area contributed by atoms with Crippen molar-refractivity contribution in [2.75, 3.05) is 10.6 Å². The highest BCUT2D eigenvalue weighted by Crippen LogP contribution is 2.27. The molecule has 1 aliphatic rings. The third-order valence-corrected chi connectivity index (χ3v) is 2.68. The van der Waals surface area contributed by atoms with Crippen LogP contribution in [0.15, 0.2) is 24.3 Å². The lowest BCUT2D eigenvalue weighted by molar-refractivity contribution is -0.117. The van der Waals surface area contributed by atoms with Crippen LogP contribution in [0, 0.1) is 0 Å². The van der Waals surface area contributed by atoms with Crippen molar-refractivity contribution in [3.8, 4) is 0 Å². The maximum absolute atomic E-state index is 11.7. The number of rotatable bonds is 3. The van der Waals surface area contributed by atoms with Gasteiger partial charge in [0.2, 0.25) is 5.91 Å². The molecule has 3 nitrogen and oxygen atoms in total. The number of para-hydroxylation sites is 2. The van der Waals surface area contributed by atoms with Gasteiger partial charge in [0.05, 0.1) is 11.4 Å². The molecule has 1 atom stereocenters. The van der Waals surface area contributed by atoms with E-state index in [1.54, 1.807) is 0 Å². The number of unbranched alkanes of at least 4 members (excludes halogenated alkanes) is 1. The van der Waals surface area contributed by atoms with Crippen molar-refractivity contribution in [2.45, 2.75) is 32.2 Å². The fourth-order valence-electron chi connectivity index (χ4n) is 1.80. The predicted octanol–water partition coefficient (Wildman–Crippen LogP) is 2.61. The minimum absolute atomic E-state index is 0.0696. The average molecular weight is 204 g/mol. The van der Waals surface area contributed by atoms with Crippen molar-refractivity contribution in [1.29, 1.82) is 0 Å². The highest BCUT2D eigenvalue weighted by atomic mass is 16.2. The molecule has 3 heteroatoms. The monoisotopic (exact) mass is 204 g/mol. The second kappa shape index (κ2) is 4.34. The molecule has 1 aromatic rings. The Bertz CT molecular complexity index is 362. The lowest BCUT2D eigenvalue weighted by atomic mass is 10.1. The molecule has 15 heavy (non-hydrogen) atoms. The zero-order valence-corrected chi connectivity index (χ0v) is 8.92. The van der Waals surface area contributed by atoms with Crippen molar-refractivity contribution in [2.24, 2.45) is 0 Å². The second-order valence-corrected chi connectivity index (χ2v) is 3.87. The molecule has 80 valence electrons. The van der Waals surface area contributed by atoms with Crippen LogP contribution in [-0.4, -0.2) is 11.9 Å². The standard InChI is InChI=1S/C12H16N2O/c1-2-3-6-11-12(15)14-10-8-5-4-7-9(10)13-11/h4-5,7-8,11,13H,2-3,6H2,1H3,(H,14,15)/t11-/m0/s1. The minimum atomic E-state index is -0.0696. The van der Waals surface area contributed by atoms with Crippen LogP contribution in [0.4, 0.5) is 11.4 Å². The van der Waals surface area contributed by atoms with E-state index in [9.17, 15) is 4.79 Å². The zero-order chi connectivity index (χ0) is 10.7. The maximum atomic E-state index is 11.7. The fraction of sp³-hybridized carbons (Fsp3) is 0.417. The van der Waals surface area contributed by atoms with Crippen molar-refractivity contribution >= 4 is 17.3 Å². The van der Waals surface area contributed by atoms with Crippen LogP contribution in [0.1, 0.15) is 26.2 Å². The van der Waals surface area contributed by atoms with E-state index in [-0.39, 0.29) is 11.9 Å². The van der Waals surface area contributed by atoms with E-state index in [0.29, 0.717) is 0 Å². The van der Waals surface area contributed by atoms with Crippen LogP contribution < -0.4 is 10.6 Å². The topological polar surface area (TPSA) is 41.1 Å². The SMILES string of the molecule is CCCC[C@@H]1Nc2ccccc2NC1=O. The van der Waals surface area contributed by atoms with Gasteiger partial charge < -0.3 is 10.6 Å². The van der Waals surface area contributed by atoms with Gasteiger partial charge in [-0.2, -0.15) is 0 Å². The van der Waals surface area contributed by atoms with Crippen molar-refractivity contribution in [1.82, 2.24) is 0 Å². The number of nitrogens with one attached hydrogen (secondary N) is 2. The van der Waals surface area contributed by atoms with Gasteiger partial charge in [0.25, 0.3) is 0 Å². The molecule has 0 saturated carbocycles. The first-order chi connectivity index (χ1) is 7.31. The molecule has 1 heterocycles.